The van der Waals surface area contributed by atoms with E-state index in [4.69, 9.17) is 20.5 Å². The van der Waals surface area contributed by atoms with Crippen molar-refractivity contribution in [3.63, 3.8) is 0 Å². The molecule has 1 aromatic carbocycles. The zero-order chi connectivity index (χ0) is 20.4. The lowest BCUT2D eigenvalue weighted by Crippen LogP contribution is -2.19. The van der Waals surface area contributed by atoms with E-state index in [2.05, 4.69) is 4.98 Å². The lowest BCUT2D eigenvalue weighted by atomic mass is 10.1. The molecule has 11 heteroatoms. The van der Waals surface area contributed by atoms with Gasteiger partial charge in [-0.2, -0.15) is 13.2 Å². The fourth-order valence-electron chi connectivity index (χ4n) is 2.60. The van der Waals surface area contributed by atoms with Crippen molar-refractivity contribution >= 4 is 13.3 Å². The number of anilines is 1. The molecule has 0 bridgehead atoms. The maximum absolute atomic E-state index is 13.5. The van der Waals surface area contributed by atoms with E-state index < -0.39 is 25.1 Å². The summed E-state index contributed by atoms with van der Waals surface area (Å²) in [7, 11) is -3.83. The van der Waals surface area contributed by atoms with Crippen molar-refractivity contribution in [3.05, 3.63) is 41.5 Å². The van der Waals surface area contributed by atoms with E-state index in [9.17, 15) is 17.7 Å². The van der Waals surface area contributed by atoms with Gasteiger partial charge in [0, 0.05) is 17.4 Å². The molecule has 1 atom stereocenters. The van der Waals surface area contributed by atoms with E-state index in [0.717, 1.165) is 12.1 Å². The summed E-state index contributed by atoms with van der Waals surface area (Å²) < 4.78 is 65.1. The minimum Gasteiger partial charge on any atom is -0.398 e. The van der Waals surface area contributed by atoms with E-state index in [1.165, 1.54) is 17.1 Å². The van der Waals surface area contributed by atoms with Gasteiger partial charge in [0.2, 0.25) is 0 Å². The van der Waals surface area contributed by atoms with Gasteiger partial charge in [0.1, 0.15) is 5.78 Å². The van der Waals surface area contributed by atoms with E-state index in [1.807, 2.05) is 0 Å². The molecule has 1 unspecified atom stereocenters. The van der Waals surface area contributed by atoms with Gasteiger partial charge in [-0.3, -0.25) is 4.57 Å². The predicted molar refractivity (Wildman–Crippen MR) is 95.5 cm³/mol. The minimum absolute atomic E-state index is 0.0367. The summed E-state index contributed by atoms with van der Waals surface area (Å²) in [5.41, 5.74) is 11.0. The largest absolute Gasteiger partial charge is 0.418 e. The summed E-state index contributed by atoms with van der Waals surface area (Å²) in [5.74, 6) is -1.34. The van der Waals surface area contributed by atoms with Crippen LogP contribution in [0.25, 0.3) is 5.69 Å². The molecule has 150 valence electrons. The van der Waals surface area contributed by atoms with Crippen LogP contribution in [0, 0.1) is 6.92 Å². The highest BCUT2D eigenvalue weighted by molar-refractivity contribution is 7.54. The zero-order valence-corrected chi connectivity index (χ0v) is 16.1. The molecule has 0 aliphatic heterocycles. The van der Waals surface area contributed by atoms with Crippen LogP contribution in [0.5, 0.6) is 0 Å². The second-order valence-corrected chi connectivity index (χ2v) is 7.89. The monoisotopic (exact) mass is 406 g/mol. The molecule has 0 fully saturated rings. The molecule has 0 saturated heterocycles. The number of nitrogens with two attached hydrogens (primary N) is 2. The van der Waals surface area contributed by atoms with Gasteiger partial charge in [-0.25, -0.2) is 4.98 Å². The SMILES string of the molecule is CCOP(=O)(OCC)C(N)c1cc(-n2cnc(C)c2)c(C(F)(F)F)cc1N. The first kappa shape index (κ1) is 21.4. The highest BCUT2D eigenvalue weighted by atomic mass is 31.2. The maximum atomic E-state index is 13.5. The molecule has 0 spiro atoms. The number of halogens is 3. The molecule has 2 rings (SSSR count). The summed E-state index contributed by atoms with van der Waals surface area (Å²) in [5, 5.41) is 0. The Balaban J connectivity index is 2.66. The molecule has 7 nitrogen and oxygen atoms in total. The summed E-state index contributed by atoms with van der Waals surface area (Å²) >= 11 is 0. The predicted octanol–water partition coefficient (Wildman–Crippen LogP) is 4.01. The molecule has 0 amide bonds. The quantitative estimate of drug-likeness (QED) is 0.532. The molecule has 0 radical (unpaired) electrons. The number of rotatable bonds is 7. The third-order valence-corrected chi connectivity index (χ3v) is 5.97. The number of hydrogen-bond acceptors (Lipinski definition) is 6. The number of nitrogen functional groups attached to an aromatic ring is 1. The number of imidazole rings is 1. The Bertz CT molecular complexity index is 844. The van der Waals surface area contributed by atoms with E-state index in [1.54, 1.807) is 20.8 Å². The molecule has 4 N–H and O–H groups in total. The molecular weight excluding hydrogens is 384 g/mol. The Morgan fingerprint density at radius 1 is 1.26 bits per heavy atom. The highest BCUT2D eigenvalue weighted by Gasteiger charge is 2.39. The van der Waals surface area contributed by atoms with Crippen LogP contribution in [0.4, 0.5) is 18.9 Å². The lowest BCUT2D eigenvalue weighted by molar-refractivity contribution is -0.137. The third kappa shape index (κ3) is 4.52. The van der Waals surface area contributed by atoms with Gasteiger partial charge in [-0.15, -0.1) is 0 Å². The van der Waals surface area contributed by atoms with Crippen LogP contribution in [0.1, 0.15) is 36.5 Å². The molecular formula is C16H22F3N4O3P. The smallest absolute Gasteiger partial charge is 0.398 e. The van der Waals surface area contributed by atoms with E-state index >= 15 is 0 Å². The number of aryl methyl sites for hydroxylation is 1. The van der Waals surface area contributed by atoms with Crippen LogP contribution >= 0.6 is 7.60 Å². The van der Waals surface area contributed by atoms with Crippen LogP contribution in [0.15, 0.2) is 24.7 Å². The molecule has 0 aliphatic rings. The number of aromatic nitrogens is 2. The zero-order valence-electron chi connectivity index (χ0n) is 15.2. The third-order valence-electron chi connectivity index (χ3n) is 3.77. The summed E-state index contributed by atoms with van der Waals surface area (Å²) in [6.45, 7) is 4.96. The first-order chi connectivity index (χ1) is 12.5. The average Bonchev–Trinajstić information content (AvgIpc) is 3.00. The van der Waals surface area contributed by atoms with Crippen molar-refractivity contribution in [2.75, 3.05) is 18.9 Å². The Kier molecular flexibility index (Phi) is 6.36. The Hall–Kier alpha value is -1.87. The Morgan fingerprint density at radius 2 is 1.85 bits per heavy atom. The van der Waals surface area contributed by atoms with Crippen molar-refractivity contribution in [2.45, 2.75) is 32.7 Å². The molecule has 1 heterocycles. The fraction of sp³-hybridized carbons (Fsp3) is 0.438. The summed E-state index contributed by atoms with van der Waals surface area (Å²) in [6, 6.07) is 1.91. The fourth-order valence-corrected chi connectivity index (χ4v) is 4.28. The van der Waals surface area contributed by atoms with Gasteiger partial charge >= 0.3 is 13.8 Å². The van der Waals surface area contributed by atoms with Crippen LogP contribution in [0.2, 0.25) is 0 Å². The van der Waals surface area contributed by atoms with Gasteiger partial charge < -0.3 is 25.1 Å². The lowest BCUT2D eigenvalue weighted by Gasteiger charge is -2.26. The Morgan fingerprint density at radius 3 is 2.30 bits per heavy atom. The van der Waals surface area contributed by atoms with Gasteiger partial charge in [0.05, 0.1) is 36.5 Å². The van der Waals surface area contributed by atoms with E-state index in [0.29, 0.717) is 5.69 Å². The maximum Gasteiger partial charge on any atom is 0.418 e. The summed E-state index contributed by atoms with van der Waals surface area (Å²) in [4.78, 5) is 3.95. The average molecular weight is 406 g/mol. The highest BCUT2D eigenvalue weighted by Crippen LogP contribution is 2.59. The topological polar surface area (TPSA) is 105 Å². The standard InChI is InChI=1S/C16H22F3N4O3P/c1-4-25-27(24,26-5-2)15(21)11-6-14(23-8-10(3)22-9-23)12(7-13(11)20)16(17,18)19/h6-9,15H,4-5,20-21H2,1-3H3. The van der Waals surface area contributed by atoms with Crippen LogP contribution < -0.4 is 11.5 Å². The van der Waals surface area contributed by atoms with Crippen LogP contribution in [-0.2, 0) is 19.8 Å². The van der Waals surface area contributed by atoms with Crippen molar-refractivity contribution in [1.29, 1.82) is 0 Å². The number of benzene rings is 1. The normalized spacial score (nSPS) is 13.7. The van der Waals surface area contributed by atoms with Crippen molar-refractivity contribution in [3.8, 4) is 5.69 Å². The van der Waals surface area contributed by atoms with Crippen LogP contribution in [-0.4, -0.2) is 22.8 Å². The van der Waals surface area contributed by atoms with E-state index in [-0.39, 0.29) is 30.2 Å². The minimum atomic E-state index is -4.66. The second kappa shape index (κ2) is 8.02. The number of alkyl halides is 3. The first-order valence-electron chi connectivity index (χ1n) is 8.19. The van der Waals surface area contributed by atoms with Gasteiger partial charge in [0.25, 0.3) is 0 Å². The van der Waals surface area contributed by atoms with Gasteiger partial charge in [-0.05, 0) is 32.9 Å². The molecule has 27 heavy (non-hydrogen) atoms. The van der Waals surface area contributed by atoms with Crippen molar-refractivity contribution in [2.24, 2.45) is 5.73 Å². The second-order valence-electron chi connectivity index (χ2n) is 5.74. The number of hydrogen-bond donors (Lipinski definition) is 2. The first-order valence-corrected chi connectivity index (χ1v) is 9.80. The van der Waals surface area contributed by atoms with Crippen molar-refractivity contribution in [1.82, 2.24) is 9.55 Å². The molecule has 0 saturated carbocycles. The van der Waals surface area contributed by atoms with Crippen LogP contribution in [0.3, 0.4) is 0 Å². The molecule has 1 aromatic heterocycles. The van der Waals surface area contributed by atoms with Crippen molar-refractivity contribution < 1.29 is 26.8 Å². The molecule has 0 aliphatic carbocycles. The summed E-state index contributed by atoms with van der Waals surface area (Å²) in [6.07, 6.45) is -1.98. The Labute approximate surface area is 155 Å². The van der Waals surface area contributed by atoms with Gasteiger partial charge in [0.15, 0.2) is 0 Å². The number of nitrogens with zero attached hydrogens (tertiary/aromatic N) is 2. The van der Waals surface area contributed by atoms with Gasteiger partial charge in [-0.1, -0.05) is 0 Å². The molecule has 2 aromatic rings.